The fraction of sp³-hybridized carbons (Fsp3) is 0.500. The van der Waals surface area contributed by atoms with E-state index in [4.69, 9.17) is 0 Å². The molecule has 1 aromatic rings. The van der Waals surface area contributed by atoms with Crippen LogP contribution in [0.3, 0.4) is 0 Å². The summed E-state index contributed by atoms with van der Waals surface area (Å²) in [6, 6.07) is 9.31. The highest BCUT2D eigenvalue weighted by molar-refractivity contribution is 5.85. The van der Waals surface area contributed by atoms with Gasteiger partial charge in [0.2, 0.25) is 0 Å². The summed E-state index contributed by atoms with van der Waals surface area (Å²) >= 11 is 0. The third-order valence-electron chi connectivity index (χ3n) is 2.87. The molecule has 0 radical (unpaired) electrons. The molecule has 0 aliphatic carbocycles. The second kappa shape index (κ2) is 5.38. The summed E-state index contributed by atoms with van der Waals surface area (Å²) in [5, 5.41) is 3.58. The molecule has 0 saturated carbocycles. The van der Waals surface area contributed by atoms with Crippen LogP contribution in [0, 0.1) is 6.92 Å². The lowest BCUT2D eigenvalue weighted by atomic mass is 9.94. The molecule has 1 aromatic carbocycles. The number of nitrogens with one attached hydrogen (secondary N) is 1. The lowest BCUT2D eigenvalue weighted by Crippen LogP contribution is -2.27. The molecule has 1 heterocycles. The Morgan fingerprint density at radius 1 is 1.21 bits per heavy atom. The fourth-order valence-electron chi connectivity index (χ4n) is 2.10. The van der Waals surface area contributed by atoms with Gasteiger partial charge in [-0.15, -0.1) is 12.4 Å². The minimum absolute atomic E-state index is 0. The van der Waals surface area contributed by atoms with E-state index < -0.39 is 0 Å². The zero-order chi connectivity index (χ0) is 9.10. The van der Waals surface area contributed by atoms with E-state index in [1.54, 1.807) is 0 Å². The van der Waals surface area contributed by atoms with Gasteiger partial charge in [-0.25, -0.2) is 0 Å². The van der Waals surface area contributed by atoms with Crippen molar-refractivity contribution in [3.8, 4) is 0 Å². The average Bonchev–Trinajstić information content (AvgIpc) is 2.20. The first-order valence-corrected chi connectivity index (χ1v) is 5.17. The minimum Gasteiger partial charge on any atom is -0.310 e. The van der Waals surface area contributed by atoms with Gasteiger partial charge in [-0.2, -0.15) is 0 Å². The Morgan fingerprint density at radius 2 is 2.00 bits per heavy atom. The van der Waals surface area contributed by atoms with Crippen LogP contribution in [0.4, 0.5) is 0 Å². The summed E-state index contributed by atoms with van der Waals surface area (Å²) in [6.45, 7) is 3.38. The first kappa shape index (κ1) is 11.5. The standard InChI is InChI=1S/C12H17N.ClH/c1-10-6-2-3-7-11(10)12-8-4-5-9-13-12;/h2-3,6-7,12-13H,4-5,8-9H2,1H3;1H. The van der Waals surface area contributed by atoms with Gasteiger partial charge in [0.1, 0.15) is 0 Å². The van der Waals surface area contributed by atoms with Gasteiger partial charge in [0.25, 0.3) is 0 Å². The van der Waals surface area contributed by atoms with Crippen molar-refractivity contribution in [1.82, 2.24) is 5.32 Å². The molecule has 0 aromatic heterocycles. The highest BCUT2D eigenvalue weighted by Gasteiger charge is 2.15. The molecule has 1 fully saturated rings. The summed E-state index contributed by atoms with van der Waals surface area (Å²) in [5.74, 6) is 0. The van der Waals surface area contributed by atoms with Gasteiger partial charge < -0.3 is 5.32 Å². The molecule has 14 heavy (non-hydrogen) atoms. The molecule has 1 N–H and O–H groups in total. The number of hydrogen-bond donors (Lipinski definition) is 1. The maximum atomic E-state index is 3.58. The van der Waals surface area contributed by atoms with E-state index in [9.17, 15) is 0 Å². The lowest BCUT2D eigenvalue weighted by Gasteiger charge is -2.25. The Bertz CT molecular complexity index is 279. The zero-order valence-electron chi connectivity index (χ0n) is 8.62. The third-order valence-corrected chi connectivity index (χ3v) is 2.87. The smallest absolute Gasteiger partial charge is 0.0322 e. The number of piperidine rings is 1. The van der Waals surface area contributed by atoms with Crippen molar-refractivity contribution >= 4 is 12.4 Å². The molecule has 78 valence electrons. The maximum absolute atomic E-state index is 3.58. The zero-order valence-corrected chi connectivity index (χ0v) is 9.44. The van der Waals surface area contributed by atoms with E-state index in [2.05, 4.69) is 36.5 Å². The van der Waals surface area contributed by atoms with Crippen molar-refractivity contribution in [2.75, 3.05) is 6.54 Å². The quantitative estimate of drug-likeness (QED) is 0.752. The van der Waals surface area contributed by atoms with Crippen molar-refractivity contribution in [2.24, 2.45) is 0 Å². The lowest BCUT2D eigenvalue weighted by molar-refractivity contribution is 0.411. The van der Waals surface area contributed by atoms with Crippen LogP contribution in [0.15, 0.2) is 24.3 Å². The number of benzene rings is 1. The number of rotatable bonds is 1. The summed E-state index contributed by atoms with van der Waals surface area (Å²) in [5.41, 5.74) is 2.91. The van der Waals surface area contributed by atoms with Crippen molar-refractivity contribution < 1.29 is 0 Å². The van der Waals surface area contributed by atoms with Crippen LogP contribution >= 0.6 is 12.4 Å². The Balaban J connectivity index is 0.000000980. The Morgan fingerprint density at radius 3 is 2.64 bits per heavy atom. The van der Waals surface area contributed by atoms with Crippen LogP contribution in [-0.2, 0) is 0 Å². The molecule has 0 amide bonds. The summed E-state index contributed by atoms with van der Waals surface area (Å²) < 4.78 is 0. The molecule has 1 atom stereocenters. The van der Waals surface area contributed by atoms with Crippen LogP contribution in [0.2, 0.25) is 0 Å². The van der Waals surface area contributed by atoms with E-state index in [1.807, 2.05) is 0 Å². The number of halogens is 1. The highest BCUT2D eigenvalue weighted by atomic mass is 35.5. The van der Waals surface area contributed by atoms with E-state index >= 15 is 0 Å². The predicted molar refractivity (Wildman–Crippen MR) is 63.0 cm³/mol. The van der Waals surface area contributed by atoms with Crippen LogP contribution in [0.25, 0.3) is 0 Å². The number of hydrogen-bond acceptors (Lipinski definition) is 1. The monoisotopic (exact) mass is 211 g/mol. The van der Waals surface area contributed by atoms with Gasteiger partial charge in [-0.1, -0.05) is 30.7 Å². The summed E-state index contributed by atoms with van der Waals surface area (Å²) in [4.78, 5) is 0. The third kappa shape index (κ3) is 2.49. The van der Waals surface area contributed by atoms with E-state index in [-0.39, 0.29) is 12.4 Å². The van der Waals surface area contributed by atoms with Crippen molar-refractivity contribution in [2.45, 2.75) is 32.2 Å². The molecule has 0 spiro atoms. The van der Waals surface area contributed by atoms with Crippen LogP contribution in [0.5, 0.6) is 0 Å². The average molecular weight is 212 g/mol. The predicted octanol–water partition coefficient (Wildman–Crippen LogP) is 3.23. The molecule has 1 saturated heterocycles. The second-order valence-corrected chi connectivity index (χ2v) is 3.86. The normalized spacial score (nSPS) is 21.4. The first-order valence-electron chi connectivity index (χ1n) is 5.17. The molecule has 2 heteroatoms. The largest absolute Gasteiger partial charge is 0.310 e. The van der Waals surface area contributed by atoms with Crippen LogP contribution in [0.1, 0.15) is 36.4 Å². The van der Waals surface area contributed by atoms with Gasteiger partial charge in [0.15, 0.2) is 0 Å². The van der Waals surface area contributed by atoms with Gasteiger partial charge in [-0.3, -0.25) is 0 Å². The van der Waals surface area contributed by atoms with Gasteiger partial charge in [0.05, 0.1) is 0 Å². The number of aryl methyl sites for hydroxylation is 1. The van der Waals surface area contributed by atoms with Gasteiger partial charge >= 0.3 is 0 Å². The van der Waals surface area contributed by atoms with Crippen LogP contribution < -0.4 is 5.32 Å². The molecular weight excluding hydrogens is 194 g/mol. The van der Waals surface area contributed by atoms with Gasteiger partial charge in [-0.05, 0) is 37.4 Å². The summed E-state index contributed by atoms with van der Waals surface area (Å²) in [7, 11) is 0. The molecule has 1 nitrogen and oxygen atoms in total. The Kier molecular flexibility index (Phi) is 4.43. The maximum Gasteiger partial charge on any atom is 0.0322 e. The topological polar surface area (TPSA) is 12.0 Å². The minimum atomic E-state index is 0. The van der Waals surface area contributed by atoms with Crippen LogP contribution in [-0.4, -0.2) is 6.54 Å². The molecular formula is C12H18ClN. The van der Waals surface area contributed by atoms with Crippen molar-refractivity contribution in [1.29, 1.82) is 0 Å². The molecule has 1 aliphatic heterocycles. The van der Waals surface area contributed by atoms with E-state index in [0.717, 1.165) is 0 Å². The van der Waals surface area contributed by atoms with E-state index in [0.29, 0.717) is 6.04 Å². The second-order valence-electron chi connectivity index (χ2n) is 3.86. The first-order chi connectivity index (χ1) is 6.38. The molecule has 1 aliphatic rings. The SMILES string of the molecule is Cc1ccccc1C1CCCCN1.Cl. The fourth-order valence-corrected chi connectivity index (χ4v) is 2.10. The summed E-state index contributed by atoms with van der Waals surface area (Å²) in [6.07, 6.45) is 4.00. The molecule has 0 bridgehead atoms. The molecule has 1 unspecified atom stereocenters. The Hall–Kier alpha value is -0.530. The van der Waals surface area contributed by atoms with Gasteiger partial charge in [0, 0.05) is 6.04 Å². The Labute approximate surface area is 92.3 Å². The van der Waals surface area contributed by atoms with Crippen molar-refractivity contribution in [3.05, 3.63) is 35.4 Å². The van der Waals surface area contributed by atoms with Crippen molar-refractivity contribution in [3.63, 3.8) is 0 Å². The van der Waals surface area contributed by atoms with E-state index in [1.165, 1.54) is 36.9 Å². The molecule has 2 rings (SSSR count). The highest BCUT2D eigenvalue weighted by Crippen LogP contribution is 2.24.